The summed E-state index contributed by atoms with van der Waals surface area (Å²) in [7, 11) is 0. The average Bonchev–Trinajstić information content (AvgIpc) is 3.12. The summed E-state index contributed by atoms with van der Waals surface area (Å²) in [6.07, 6.45) is 1.47. The summed E-state index contributed by atoms with van der Waals surface area (Å²) in [5.41, 5.74) is 3.69. The standard InChI is InChI=1S/C23H30N4O3/c1-6-29-16-10-17-13(2)7-19(25-20(17)18(11-16)23(3,4)5)21-26-27-22(30-21)24-12-14-8-15(28)9-14/h7,10-11,14-15,28H,6,8-9,12H2,1-5H3,(H,24,27). The molecule has 0 aliphatic heterocycles. The van der Waals surface area contributed by atoms with Crippen LogP contribution < -0.4 is 10.1 Å². The van der Waals surface area contributed by atoms with E-state index in [4.69, 9.17) is 14.1 Å². The van der Waals surface area contributed by atoms with E-state index in [-0.39, 0.29) is 11.5 Å². The molecular formula is C23H30N4O3. The minimum atomic E-state index is -0.167. The van der Waals surface area contributed by atoms with E-state index >= 15 is 0 Å². The number of aromatic nitrogens is 3. The van der Waals surface area contributed by atoms with Gasteiger partial charge in [-0.05, 0) is 67.3 Å². The zero-order valence-corrected chi connectivity index (χ0v) is 18.3. The molecule has 1 fully saturated rings. The lowest BCUT2D eigenvalue weighted by atomic mass is 9.82. The Balaban J connectivity index is 1.68. The Morgan fingerprint density at radius 3 is 2.63 bits per heavy atom. The Hall–Kier alpha value is -2.67. The van der Waals surface area contributed by atoms with Gasteiger partial charge in [0.15, 0.2) is 0 Å². The van der Waals surface area contributed by atoms with E-state index in [2.05, 4.69) is 49.3 Å². The Bertz CT molecular complexity index is 1050. The Morgan fingerprint density at radius 1 is 1.20 bits per heavy atom. The molecule has 2 aromatic heterocycles. The number of fused-ring (bicyclic) bond motifs is 1. The number of hydrogen-bond acceptors (Lipinski definition) is 7. The van der Waals surface area contributed by atoms with Gasteiger partial charge in [-0.25, -0.2) is 4.98 Å². The lowest BCUT2D eigenvalue weighted by Gasteiger charge is -2.30. The highest BCUT2D eigenvalue weighted by Gasteiger charge is 2.27. The first kappa shape index (κ1) is 20.6. The number of nitrogens with one attached hydrogen (secondary N) is 1. The Labute approximate surface area is 176 Å². The van der Waals surface area contributed by atoms with Crippen LogP contribution in [0.5, 0.6) is 5.75 Å². The summed E-state index contributed by atoms with van der Waals surface area (Å²) in [5, 5.41) is 22.0. The van der Waals surface area contributed by atoms with Crippen molar-refractivity contribution in [1.29, 1.82) is 0 Å². The molecule has 0 amide bonds. The normalized spacial score (nSPS) is 19.0. The first-order chi connectivity index (χ1) is 14.2. The topological polar surface area (TPSA) is 93.3 Å². The van der Waals surface area contributed by atoms with Crippen molar-refractivity contribution in [2.45, 2.75) is 59.0 Å². The number of benzene rings is 1. The number of aliphatic hydroxyl groups is 1. The molecule has 3 aromatic rings. The van der Waals surface area contributed by atoms with Gasteiger partial charge in [-0.2, -0.15) is 0 Å². The first-order valence-electron chi connectivity index (χ1n) is 10.6. The SMILES string of the molecule is CCOc1cc(C(C)(C)C)c2nc(-c3nnc(NCC4CC(O)C4)o3)cc(C)c2c1. The minimum Gasteiger partial charge on any atom is -0.494 e. The second kappa shape index (κ2) is 7.87. The number of pyridine rings is 1. The predicted molar refractivity (Wildman–Crippen MR) is 117 cm³/mol. The third-order valence-corrected chi connectivity index (χ3v) is 5.61. The molecule has 0 radical (unpaired) electrons. The highest BCUT2D eigenvalue weighted by molar-refractivity contribution is 5.89. The molecule has 0 bridgehead atoms. The number of anilines is 1. The lowest BCUT2D eigenvalue weighted by molar-refractivity contribution is 0.0485. The number of rotatable bonds is 6. The van der Waals surface area contributed by atoms with Crippen molar-refractivity contribution < 1.29 is 14.3 Å². The summed E-state index contributed by atoms with van der Waals surface area (Å²) in [6.45, 7) is 11.9. The summed E-state index contributed by atoms with van der Waals surface area (Å²) in [4.78, 5) is 4.91. The van der Waals surface area contributed by atoms with Gasteiger partial charge in [0.1, 0.15) is 11.4 Å². The molecule has 1 saturated carbocycles. The highest BCUT2D eigenvalue weighted by atomic mass is 16.5. The molecule has 30 heavy (non-hydrogen) atoms. The monoisotopic (exact) mass is 410 g/mol. The third-order valence-electron chi connectivity index (χ3n) is 5.61. The van der Waals surface area contributed by atoms with Crippen molar-refractivity contribution in [2.24, 2.45) is 5.92 Å². The van der Waals surface area contributed by atoms with Gasteiger partial charge in [0, 0.05) is 11.9 Å². The molecule has 1 aliphatic rings. The van der Waals surface area contributed by atoms with Gasteiger partial charge in [-0.15, -0.1) is 5.10 Å². The van der Waals surface area contributed by atoms with Crippen LogP contribution in [0.1, 0.15) is 51.7 Å². The fourth-order valence-corrected chi connectivity index (χ4v) is 3.89. The smallest absolute Gasteiger partial charge is 0.315 e. The van der Waals surface area contributed by atoms with Crippen LogP contribution in [0.3, 0.4) is 0 Å². The molecular weight excluding hydrogens is 380 g/mol. The molecule has 0 spiro atoms. The van der Waals surface area contributed by atoms with Crippen LogP contribution in [-0.4, -0.2) is 39.5 Å². The number of nitrogens with zero attached hydrogens (tertiary/aromatic N) is 3. The summed E-state index contributed by atoms with van der Waals surface area (Å²) in [6, 6.07) is 6.49. The van der Waals surface area contributed by atoms with Crippen LogP contribution in [0.4, 0.5) is 6.01 Å². The predicted octanol–water partition coefficient (Wildman–Crippen LogP) is 4.47. The maximum Gasteiger partial charge on any atom is 0.315 e. The van der Waals surface area contributed by atoms with Gasteiger partial charge >= 0.3 is 6.01 Å². The van der Waals surface area contributed by atoms with E-state index in [0.29, 0.717) is 30.1 Å². The Kier molecular flexibility index (Phi) is 5.40. The zero-order chi connectivity index (χ0) is 21.5. The minimum absolute atomic E-state index is 0.0989. The van der Waals surface area contributed by atoms with E-state index in [1.54, 1.807) is 0 Å². The van der Waals surface area contributed by atoms with Crippen molar-refractivity contribution in [3.05, 3.63) is 29.3 Å². The van der Waals surface area contributed by atoms with Crippen LogP contribution in [0.2, 0.25) is 0 Å². The molecule has 0 atom stereocenters. The number of hydrogen-bond donors (Lipinski definition) is 2. The zero-order valence-electron chi connectivity index (χ0n) is 18.3. The van der Waals surface area contributed by atoms with E-state index in [0.717, 1.165) is 47.2 Å². The molecule has 160 valence electrons. The largest absolute Gasteiger partial charge is 0.494 e. The van der Waals surface area contributed by atoms with E-state index in [1.807, 2.05) is 19.1 Å². The molecule has 7 heteroatoms. The van der Waals surface area contributed by atoms with Crippen LogP contribution in [-0.2, 0) is 5.41 Å². The second-order valence-corrected chi connectivity index (χ2v) is 9.16. The van der Waals surface area contributed by atoms with Crippen molar-refractivity contribution in [2.75, 3.05) is 18.5 Å². The molecule has 2 heterocycles. The molecule has 1 aliphatic carbocycles. The molecule has 1 aromatic carbocycles. The van der Waals surface area contributed by atoms with E-state index in [1.165, 1.54) is 0 Å². The molecule has 7 nitrogen and oxygen atoms in total. The molecule has 0 saturated heterocycles. The molecule has 2 N–H and O–H groups in total. The molecule has 4 rings (SSSR count). The number of aliphatic hydroxyl groups excluding tert-OH is 1. The van der Waals surface area contributed by atoms with Crippen LogP contribution in [0.15, 0.2) is 22.6 Å². The van der Waals surface area contributed by atoms with Crippen molar-refractivity contribution in [3.8, 4) is 17.3 Å². The van der Waals surface area contributed by atoms with Gasteiger partial charge < -0.3 is 19.6 Å². The van der Waals surface area contributed by atoms with Crippen molar-refractivity contribution in [3.63, 3.8) is 0 Å². The summed E-state index contributed by atoms with van der Waals surface area (Å²) < 4.78 is 11.6. The number of ether oxygens (including phenoxy) is 1. The maximum atomic E-state index is 9.41. The van der Waals surface area contributed by atoms with E-state index in [9.17, 15) is 5.11 Å². The third kappa shape index (κ3) is 4.12. The quantitative estimate of drug-likeness (QED) is 0.619. The lowest BCUT2D eigenvalue weighted by Crippen LogP contribution is -2.33. The second-order valence-electron chi connectivity index (χ2n) is 9.16. The van der Waals surface area contributed by atoms with Crippen LogP contribution in [0, 0.1) is 12.8 Å². The Morgan fingerprint density at radius 2 is 1.97 bits per heavy atom. The van der Waals surface area contributed by atoms with E-state index < -0.39 is 0 Å². The fourth-order valence-electron chi connectivity index (χ4n) is 3.89. The van der Waals surface area contributed by atoms with Gasteiger partial charge in [-0.3, -0.25) is 0 Å². The van der Waals surface area contributed by atoms with Gasteiger partial charge in [0.05, 0.1) is 18.2 Å². The van der Waals surface area contributed by atoms with Crippen LogP contribution in [0.25, 0.3) is 22.5 Å². The summed E-state index contributed by atoms with van der Waals surface area (Å²) in [5.74, 6) is 1.70. The average molecular weight is 411 g/mol. The fraction of sp³-hybridized carbons (Fsp3) is 0.522. The van der Waals surface area contributed by atoms with Gasteiger partial charge in [0.2, 0.25) is 0 Å². The maximum absolute atomic E-state index is 9.41. The van der Waals surface area contributed by atoms with Crippen LogP contribution >= 0.6 is 0 Å². The molecule has 0 unspecified atom stereocenters. The summed E-state index contributed by atoms with van der Waals surface area (Å²) >= 11 is 0. The highest BCUT2D eigenvalue weighted by Crippen LogP contribution is 2.36. The van der Waals surface area contributed by atoms with Crippen molar-refractivity contribution in [1.82, 2.24) is 15.2 Å². The van der Waals surface area contributed by atoms with Crippen molar-refractivity contribution >= 4 is 16.9 Å². The van der Waals surface area contributed by atoms with Gasteiger partial charge in [0.25, 0.3) is 5.89 Å². The number of aryl methyl sites for hydroxylation is 1. The first-order valence-corrected chi connectivity index (χ1v) is 10.6. The van der Waals surface area contributed by atoms with Gasteiger partial charge in [-0.1, -0.05) is 25.9 Å².